The second kappa shape index (κ2) is 15.2. The highest BCUT2D eigenvalue weighted by molar-refractivity contribution is 5.91. The summed E-state index contributed by atoms with van der Waals surface area (Å²) in [5.74, 6) is 3.38. The molecular formula is C58H39N3O2. The Morgan fingerprint density at radius 3 is 0.984 bits per heavy atom. The first kappa shape index (κ1) is 36.3. The van der Waals surface area contributed by atoms with E-state index in [-0.39, 0.29) is 0 Å². The molecule has 0 atom stereocenters. The molecule has 5 nitrogen and oxygen atoms in total. The van der Waals surface area contributed by atoms with E-state index in [9.17, 15) is 0 Å². The SMILES string of the molecule is c1ccc2c(c1)Oc1ccccc1N2c1ccc(-c2ccc(N(c3ccc(-c4ccc(N5c6ccccc6Oc6ccccc65)cc4)cc3)c3ccc4ccccc4c3)cc2)cc1. The minimum atomic E-state index is 0.846. The lowest BCUT2D eigenvalue weighted by Gasteiger charge is -2.32. The number of rotatable bonds is 7. The third-order valence-electron chi connectivity index (χ3n) is 12.0. The van der Waals surface area contributed by atoms with Gasteiger partial charge in [-0.15, -0.1) is 0 Å². The van der Waals surface area contributed by atoms with Gasteiger partial charge >= 0.3 is 0 Å². The maximum Gasteiger partial charge on any atom is 0.151 e. The predicted molar refractivity (Wildman–Crippen MR) is 259 cm³/mol. The molecule has 0 aromatic heterocycles. The van der Waals surface area contributed by atoms with Crippen molar-refractivity contribution < 1.29 is 9.47 Å². The lowest BCUT2D eigenvalue weighted by molar-refractivity contribution is 0.477. The first-order chi connectivity index (χ1) is 31.2. The fourth-order valence-corrected chi connectivity index (χ4v) is 8.94. The highest BCUT2D eigenvalue weighted by atomic mass is 16.5. The van der Waals surface area contributed by atoms with E-state index < -0.39 is 0 Å². The number of anilines is 9. The predicted octanol–water partition coefficient (Wildman–Crippen LogP) is 16.8. The Labute approximate surface area is 366 Å². The summed E-state index contributed by atoms with van der Waals surface area (Å²) in [5, 5.41) is 2.41. The van der Waals surface area contributed by atoms with Crippen molar-refractivity contribution in [2.75, 3.05) is 14.7 Å². The summed E-state index contributed by atoms with van der Waals surface area (Å²) < 4.78 is 12.5. The monoisotopic (exact) mass is 809 g/mol. The van der Waals surface area contributed by atoms with Crippen LogP contribution in [0.4, 0.5) is 51.2 Å². The zero-order valence-corrected chi connectivity index (χ0v) is 34.2. The minimum Gasteiger partial charge on any atom is -0.453 e. The van der Waals surface area contributed by atoms with Crippen LogP contribution >= 0.6 is 0 Å². The number of para-hydroxylation sites is 8. The van der Waals surface area contributed by atoms with Gasteiger partial charge < -0.3 is 24.2 Å². The van der Waals surface area contributed by atoms with E-state index >= 15 is 0 Å². The lowest BCUT2D eigenvalue weighted by atomic mass is 10.0. The van der Waals surface area contributed by atoms with Gasteiger partial charge in [-0.25, -0.2) is 0 Å². The van der Waals surface area contributed by atoms with Crippen LogP contribution in [0.3, 0.4) is 0 Å². The standard InChI is InChI=1S/C58H39N3O2/c1-2-12-45-39-50(38-29-40(45)11-1)59(46-30-21-41(22-31-46)43-25-34-48(35-26-43)60-51-13-3-7-17-55(51)62-56-18-8-4-14-52(56)60)47-32-23-42(24-33-47)44-27-36-49(37-28-44)61-53-15-5-9-19-57(53)63-58-20-10-6-16-54(58)61/h1-39H. The molecule has 0 unspecified atom stereocenters. The Balaban J connectivity index is 0.849. The molecule has 2 aliphatic heterocycles. The molecule has 2 heterocycles. The number of ether oxygens (including phenoxy) is 2. The van der Waals surface area contributed by atoms with Gasteiger partial charge in [0.15, 0.2) is 23.0 Å². The molecule has 0 aliphatic carbocycles. The van der Waals surface area contributed by atoms with E-state index in [1.165, 1.54) is 10.8 Å². The number of fused-ring (bicyclic) bond motifs is 5. The van der Waals surface area contributed by atoms with Gasteiger partial charge in [-0.3, -0.25) is 0 Å². The molecule has 0 N–H and O–H groups in total. The van der Waals surface area contributed by atoms with Crippen molar-refractivity contribution in [2.45, 2.75) is 0 Å². The van der Waals surface area contributed by atoms with Crippen molar-refractivity contribution in [3.8, 4) is 45.3 Å². The van der Waals surface area contributed by atoms with Crippen LogP contribution in [0.2, 0.25) is 0 Å². The molecule has 5 heteroatoms. The zero-order chi connectivity index (χ0) is 41.7. The normalized spacial score (nSPS) is 12.3. The van der Waals surface area contributed by atoms with Gasteiger partial charge in [-0.05, 0) is 142 Å². The number of benzene rings is 10. The van der Waals surface area contributed by atoms with E-state index in [0.29, 0.717) is 0 Å². The van der Waals surface area contributed by atoms with Crippen LogP contribution in [-0.2, 0) is 0 Å². The van der Waals surface area contributed by atoms with Gasteiger partial charge in [-0.2, -0.15) is 0 Å². The Morgan fingerprint density at radius 2 is 0.587 bits per heavy atom. The molecule has 0 amide bonds. The molecule has 2 aliphatic rings. The Morgan fingerprint density at radius 1 is 0.270 bits per heavy atom. The van der Waals surface area contributed by atoms with Crippen LogP contribution < -0.4 is 24.2 Å². The first-order valence-corrected chi connectivity index (χ1v) is 21.2. The van der Waals surface area contributed by atoms with E-state index in [1.807, 2.05) is 48.5 Å². The third-order valence-corrected chi connectivity index (χ3v) is 12.0. The summed E-state index contributed by atoms with van der Waals surface area (Å²) in [4.78, 5) is 6.88. The molecule has 0 radical (unpaired) electrons. The molecule has 0 bridgehead atoms. The summed E-state index contributed by atoms with van der Waals surface area (Å²) in [5.41, 5.74) is 14.1. The van der Waals surface area contributed by atoms with E-state index in [1.54, 1.807) is 0 Å². The third kappa shape index (κ3) is 6.51. The molecule has 10 aromatic carbocycles. The molecule has 0 saturated carbocycles. The minimum absolute atomic E-state index is 0.846. The van der Waals surface area contributed by atoms with Crippen molar-refractivity contribution in [3.63, 3.8) is 0 Å². The van der Waals surface area contributed by atoms with Gasteiger partial charge in [0.2, 0.25) is 0 Å². The van der Waals surface area contributed by atoms with Crippen molar-refractivity contribution in [1.82, 2.24) is 0 Å². The maximum absolute atomic E-state index is 6.25. The summed E-state index contributed by atoms with van der Waals surface area (Å²) >= 11 is 0. The van der Waals surface area contributed by atoms with Gasteiger partial charge in [0.25, 0.3) is 0 Å². The van der Waals surface area contributed by atoms with Crippen LogP contribution in [0.15, 0.2) is 237 Å². The molecular weight excluding hydrogens is 771 g/mol. The number of hydrogen-bond acceptors (Lipinski definition) is 5. The summed E-state index contributed by atoms with van der Waals surface area (Å²) in [6.45, 7) is 0. The van der Waals surface area contributed by atoms with Crippen molar-refractivity contribution in [2.24, 2.45) is 0 Å². The number of hydrogen-bond donors (Lipinski definition) is 0. The van der Waals surface area contributed by atoms with E-state index in [4.69, 9.17) is 9.47 Å². The topological polar surface area (TPSA) is 28.2 Å². The van der Waals surface area contributed by atoms with Crippen LogP contribution in [0.25, 0.3) is 33.0 Å². The second-order valence-corrected chi connectivity index (χ2v) is 15.8. The van der Waals surface area contributed by atoms with Gasteiger partial charge in [0, 0.05) is 28.4 Å². The molecule has 0 saturated heterocycles. The van der Waals surface area contributed by atoms with Crippen LogP contribution in [-0.4, -0.2) is 0 Å². The van der Waals surface area contributed by atoms with Gasteiger partial charge in [0.05, 0.1) is 22.7 Å². The highest BCUT2D eigenvalue weighted by Gasteiger charge is 2.27. The molecule has 12 rings (SSSR count). The van der Waals surface area contributed by atoms with Crippen LogP contribution in [0, 0.1) is 0 Å². The smallest absolute Gasteiger partial charge is 0.151 e. The highest BCUT2D eigenvalue weighted by Crippen LogP contribution is 2.52. The van der Waals surface area contributed by atoms with Crippen molar-refractivity contribution in [3.05, 3.63) is 237 Å². The van der Waals surface area contributed by atoms with Crippen molar-refractivity contribution in [1.29, 1.82) is 0 Å². The van der Waals surface area contributed by atoms with Gasteiger partial charge in [0.1, 0.15) is 0 Å². The van der Waals surface area contributed by atoms with Crippen LogP contribution in [0.5, 0.6) is 23.0 Å². The average Bonchev–Trinajstić information content (AvgIpc) is 3.35. The molecule has 298 valence electrons. The molecule has 10 aromatic rings. The van der Waals surface area contributed by atoms with E-state index in [2.05, 4.69) is 203 Å². The average molecular weight is 810 g/mol. The zero-order valence-electron chi connectivity index (χ0n) is 34.2. The number of nitrogens with zero attached hydrogens (tertiary/aromatic N) is 3. The lowest BCUT2D eigenvalue weighted by Crippen LogP contribution is -2.15. The molecule has 0 spiro atoms. The Bertz CT molecular complexity index is 3020. The first-order valence-electron chi connectivity index (χ1n) is 21.2. The van der Waals surface area contributed by atoms with E-state index in [0.717, 1.165) is 96.4 Å². The maximum atomic E-state index is 6.25. The second-order valence-electron chi connectivity index (χ2n) is 15.8. The summed E-state index contributed by atoms with van der Waals surface area (Å²) in [7, 11) is 0. The summed E-state index contributed by atoms with van der Waals surface area (Å²) in [6, 6.07) is 83.4. The Kier molecular flexibility index (Phi) is 8.75. The van der Waals surface area contributed by atoms with Crippen molar-refractivity contribution >= 4 is 62.0 Å². The fourth-order valence-electron chi connectivity index (χ4n) is 8.94. The Hall–Kier alpha value is -8.54. The fraction of sp³-hybridized carbons (Fsp3) is 0. The quantitative estimate of drug-likeness (QED) is 0.160. The van der Waals surface area contributed by atoms with Crippen LogP contribution in [0.1, 0.15) is 0 Å². The summed E-state index contributed by atoms with van der Waals surface area (Å²) in [6.07, 6.45) is 0. The molecule has 0 fully saturated rings. The molecule has 63 heavy (non-hydrogen) atoms. The largest absolute Gasteiger partial charge is 0.453 e. The van der Waals surface area contributed by atoms with Gasteiger partial charge in [-0.1, -0.05) is 127 Å².